The van der Waals surface area contributed by atoms with Gasteiger partial charge >= 0.3 is 6.09 Å². The van der Waals surface area contributed by atoms with E-state index in [9.17, 15) is 14.0 Å². The molecule has 1 saturated heterocycles. The molecule has 0 aromatic heterocycles. The van der Waals surface area contributed by atoms with Crippen LogP contribution in [0.4, 0.5) is 9.18 Å². The van der Waals surface area contributed by atoms with Crippen molar-refractivity contribution in [2.75, 3.05) is 6.61 Å². The summed E-state index contributed by atoms with van der Waals surface area (Å²) in [5.41, 5.74) is 0.663. The maximum absolute atomic E-state index is 13.5. The number of imide groups is 1. The smallest absolute Gasteiger partial charge is 0.416 e. The van der Waals surface area contributed by atoms with E-state index in [2.05, 4.69) is 0 Å². The van der Waals surface area contributed by atoms with Crippen LogP contribution in [0.15, 0.2) is 18.2 Å². The van der Waals surface area contributed by atoms with E-state index in [0.717, 1.165) is 0 Å². The summed E-state index contributed by atoms with van der Waals surface area (Å²) in [7, 11) is 0. The van der Waals surface area contributed by atoms with Gasteiger partial charge in [-0.2, -0.15) is 0 Å². The molecule has 0 N–H and O–H groups in total. The minimum atomic E-state index is -0.599. The molecule has 0 spiro atoms. The predicted octanol–water partition coefficient (Wildman–Crippen LogP) is 3.66. The molecule has 22 heavy (non-hydrogen) atoms. The largest absolute Gasteiger partial charge is 0.447 e. The van der Waals surface area contributed by atoms with Crippen LogP contribution in [-0.2, 0) is 16.0 Å². The molecule has 1 aromatic rings. The molecule has 2 amide bonds. The highest BCUT2D eigenvalue weighted by Gasteiger charge is 2.40. The molecule has 1 heterocycles. The zero-order valence-electron chi connectivity index (χ0n) is 12.8. The van der Waals surface area contributed by atoms with Crippen LogP contribution in [-0.4, -0.2) is 29.5 Å². The van der Waals surface area contributed by atoms with Crippen LogP contribution in [0.5, 0.6) is 0 Å². The Morgan fingerprint density at radius 2 is 2.14 bits per heavy atom. The van der Waals surface area contributed by atoms with Gasteiger partial charge in [0.25, 0.3) is 0 Å². The average molecular weight is 328 g/mol. The Morgan fingerprint density at radius 3 is 2.73 bits per heavy atom. The van der Waals surface area contributed by atoms with Crippen molar-refractivity contribution in [3.8, 4) is 0 Å². The lowest BCUT2D eigenvalue weighted by atomic mass is 9.97. The predicted molar refractivity (Wildman–Crippen MR) is 81.1 cm³/mol. The van der Waals surface area contributed by atoms with Gasteiger partial charge < -0.3 is 4.74 Å². The molecule has 1 fully saturated rings. The van der Waals surface area contributed by atoms with Gasteiger partial charge in [0, 0.05) is 5.92 Å². The SMILES string of the molecule is CC(C)[C@H]1COC(=O)N1C(=O)[C@@H](C)Cc1ccc(Cl)c(F)c1. The van der Waals surface area contributed by atoms with Gasteiger partial charge in [-0.15, -0.1) is 0 Å². The third-order valence-electron chi connectivity index (χ3n) is 3.86. The first-order chi connectivity index (χ1) is 10.3. The molecular formula is C16H19ClFNO3. The van der Waals surface area contributed by atoms with Crippen LogP contribution in [0, 0.1) is 17.7 Å². The fourth-order valence-corrected chi connectivity index (χ4v) is 2.64. The lowest BCUT2D eigenvalue weighted by Crippen LogP contribution is -2.44. The number of cyclic esters (lactones) is 1. The molecule has 2 rings (SSSR count). The monoisotopic (exact) mass is 327 g/mol. The summed E-state index contributed by atoms with van der Waals surface area (Å²) >= 11 is 5.65. The van der Waals surface area contributed by atoms with Crippen LogP contribution in [0.3, 0.4) is 0 Å². The van der Waals surface area contributed by atoms with Gasteiger partial charge in [0.15, 0.2) is 0 Å². The van der Waals surface area contributed by atoms with Crippen LogP contribution in [0.25, 0.3) is 0 Å². The normalized spacial score (nSPS) is 19.5. The standard InChI is InChI=1S/C16H19ClFNO3/c1-9(2)14-8-22-16(21)19(14)15(20)10(3)6-11-4-5-12(17)13(18)7-11/h4-5,7,9-10,14H,6,8H2,1-3H3/t10-,14+/m0/s1. The summed E-state index contributed by atoms with van der Waals surface area (Å²) in [5.74, 6) is -1.14. The Labute approximate surface area is 134 Å². The van der Waals surface area contributed by atoms with E-state index in [1.54, 1.807) is 13.0 Å². The second-order valence-electron chi connectivity index (χ2n) is 5.95. The molecule has 0 bridgehead atoms. The lowest BCUT2D eigenvalue weighted by Gasteiger charge is -2.25. The zero-order valence-corrected chi connectivity index (χ0v) is 13.6. The summed E-state index contributed by atoms with van der Waals surface area (Å²) in [6.45, 7) is 5.82. The van der Waals surface area contributed by atoms with Crippen LogP contribution in [0.1, 0.15) is 26.3 Å². The fraction of sp³-hybridized carbons (Fsp3) is 0.500. The van der Waals surface area contributed by atoms with Gasteiger partial charge in [-0.3, -0.25) is 4.79 Å². The first-order valence-electron chi connectivity index (χ1n) is 7.25. The Balaban J connectivity index is 2.11. The number of rotatable bonds is 4. The van der Waals surface area contributed by atoms with Gasteiger partial charge in [0.1, 0.15) is 12.4 Å². The minimum Gasteiger partial charge on any atom is -0.447 e. The highest BCUT2D eigenvalue weighted by molar-refractivity contribution is 6.30. The van der Waals surface area contributed by atoms with Crippen molar-refractivity contribution < 1.29 is 18.7 Å². The Kier molecular flexibility index (Phi) is 5.06. The zero-order chi connectivity index (χ0) is 16.4. The maximum atomic E-state index is 13.5. The third-order valence-corrected chi connectivity index (χ3v) is 4.17. The molecule has 0 radical (unpaired) electrons. The number of nitrogens with zero attached hydrogens (tertiary/aromatic N) is 1. The summed E-state index contributed by atoms with van der Waals surface area (Å²) in [6, 6.07) is 4.21. The Bertz CT molecular complexity index is 591. The van der Waals surface area contributed by atoms with Crippen molar-refractivity contribution in [3.63, 3.8) is 0 Å². The summed E-state index contributed by atoms with van der Waals surface area (Å²) in [5, 5.41) is 0.0470. The van der Waals surface area contributed by atoms with Crippen LogP contribution >= 0.6 is 11.6 Å². The Morgan fingerprint density at radius 1 is 1.45 bits per heavy atom. The molecule has 120 valence electrons. The van der Waals surface area contributed by atoms with Crippen molar-refractivity contribution in [1.82, 2.24) is 4.90 Å². The number of amides is 2. The lowest BCUT2D eigenvalue weighted by molar-refractivity contribution is -0.133. The first kappa shape index (κ1) is 16.7. The van der Waals surface area contributed by atoms with Gasteiger partial charge in [-0.25, -0.2) is 14.1 Å². The van der Waals surface area contributed by atoms with E-state index >= 15 is 0 Å². The highest BCUT2D eigenvalue weighted by Crippen LogP contribution is 2.24. The van der Waals surface area contributed by atoms with Gasteiger partial charge in [0.2, 0.25) is 5.91 Å². The molecular weight excluding hydrogens is 309 g/mol. The van der Waals surface area contributed by atoms with Crippen molar-refractivity contribution >= 4 is 23.6 Å². The second kappa shape index (κ2) is 6.65. The van der Waals surface area contributed by atoms with Gasteiger partial charge in [-0.05, 0) is 30.0 Å². The number of halogens is 2. The average Bonchev–Trinajstić information content (AvgIpc) is 2.84. The molecule has 0 unspecified atom stereocenters. The summed E-state index contributed by atoms with van der Waals surface area (Å²) in [4.78, 5) is 25.5. The molecule has 1 aliphatic heterocycles. The molecule has 4 nitrogen and oxygen atoms in total. The molecule has 1 aromatic carbocycles. The van der Waals surface area contributed by atoms with Gasteiger partial charge in [-0.1, -0.05) is 38.4 Å². The van der Waals surface area contributed by atoms with E-state index in [-0.39, 0.29) is 29.5 Å². The van der Waals surface area contributed by atoms with Gasteiger partial charge in [0.05, 0.1) is 11.1 Å². The number of carbonyl (C=O) groups excluding carboxylic acids is 2. The van der Waals surface area contributed by atoms with Crippen molar-refractivity contribution in [2.45, 2.75) is 33.2 Å². The topological polar surface area (TPSA) is 46.6 Å². The second-order valence-corrected chi connectivity index (χ2v) is 6.36. The van der Waals surface area contributed by atoms with Crippen molar-refractivity contribution in [1.29, 1.82) is 0 Å². The van der Waals surface area contributed by atoms with E-state index in [0.29, 0.717) is 12.0 Å². The first-order valence-corrected chi connectivity index (χ1v) is 7.62. The van der Waals surface area contributed by atoms with E-state index in [1.165, 1.54) is 17.0 Å². The van der Waals surface area contributed by atoms with Crippen molar-refractivity contribution in [3.05, 3.63) is 34.6 Å². The number of ether oxygens (including phenoxy) is 1. The Hall–Kier alpha value is -1.62. The quantitative estimate of drug-likeness (QED) is 0.847. The minimum absolute atomic E-state index is 0.0470. The molecule has 2 atom stereocenters. The van der Waals surface area contributed by atoms with Crippen LogP contribution in [0.2, 0.25) is 5.02 Å². The number of carbonyl (C=O) groups is 2. The highest BCUT2D eigenvalue weighted by atomic mass is 35.5. The molecule has 0 aliphatic carbocycles. The molecule has 1 aliphatic rings. The maximum Gasteiger partial charge on any atom is 0.416 e. The van der Waals surface area contributed by atoms with Crippen LogP contribution < -0.4 is 0 Å². The third kappa shape index (κ3) is 3.40. The van der Waals surface area contributed by atoms with E-state index in [4.69, 9.17) is 16.3 Å². The van der Waals surface area contributed by atoms with E-state index in [1.807, 2.05) is 13.8 Å². The summed E-state index contributed by atoms with van der Waals surface area (Å²) in [6.07, 6.45) is -0.264. The number of hydrogen-bond donors (Lipinski definition) is 0. The molecule has 0 saturated carbocycles. The van der Waals surface area contributed by atoms with E-state index < -0.39 is 17.8 Å². The fourth-order valence-electron chi connectivity index (χ4n) is 2.53. The molecule has 6 heteroatoms. The number of hydrogen-bond acceptors (Lipinski definition) is 3. The van der Waals surface area contributed by atoms with Crippen molar-refractivity contribution in [2.24, 2.45) is 11.8 Å². The summed E-state index contributed by atoms with van der Waals surface area (Å²) < 4.78 is 18.4. The number of benzene rings is 1.